The summed E-state index contributed by atoms with van der Waals surface area (Å²) < 4.78 is 0. The van der Waals surface area contributed by atoms with Crippen LogP contribution in [0.4, 0.5) is 5.69 Å². The van der Waals surface area contributed by atoms with E-state index >= 15 is 0 Å². The second kappa shape index (κ2) is 6.85. The molecule has 5 nitrogen and oxygen atoms in total. The number of amides is 1. The number of nitrogens with one attached hydrogen (secondary N) is 1. The lowest BCUT2D eigenvalue weighted by molar-refractivity contribution is -0.120. The maximum absolute atomic E-state index is 11.6. The molecule has 5 heteroatoms. The molecule has 1 unspecified atom stereocenters. The third-order valence-corrected chi connectivity index (χ3v) is 2.46. The fraction of sp³-hybridized carbons (Fsp3) is 0.500. The highest BCUT2D eigenvalue weighted by Crippen LogP contribution is 2.02. The lowest BCUT2D eigenvalue weighted by atomic mass is 10.1. The van der Waals surface area contributed by atoms with Crippen LogP contribution in [0.3, 0.4) is 0 Å². The zero-order valence-corrected chi connectivity index (χ0v) is 10.0. The minimum atomic E-state index is -0.0629. The Morgan fingerprint density at radius 1 is 1.59 bits per heavy atom. The quantitative estimate of drug-likeness (QED) is 0.665. The van der Waals surface area contributed by atoms with Crippen molar-refractivity contribution >= 4 is 11.6 Å². The minimum absolute atomic E-state index is 0.0629. The second-order valence-corrected chi connectivity index (χ2v) is 4.18. The molecule has 1 amide bonds. The summed E-state index contributed by atoms with van der Waals surface area (Å²) in [5, 5.41) is 11.5. The number of aliphatic hydroxyl groups is 1. The number of anilines is 1. The predicted molar refractivity (Wildman–Crippen MR) is 66.2 cm³/mol. The SMILES string of the molecule is CC(CCO)CNC(=O)Cc1ccc(N)cn1. The van der Waals surface area contributed by atoms with Gasteiger partial charge in [-0.3, -0.25) is 9.78 Å². The molecule has 94 valence electrons. The molecule has 0 aliphatic carbocycles. The van der Waals surface area contributed by atoms with Crippen molar-refractivity contribution in [2.45, 2.75) is 19.8 Å². The first-order valence-electron chi connectivity index (χ1n) is 5.69. The lowest BCUT2D eigenvalue weighted by Gasteiger charge is -2.10. The molecular weight excluding hydrogens is 218 g/mol. The highest BCUT2D eigenvalue weighted by molar-refractivity contribution is 5.78. The standard InChI is InChI=1S/C12H19N3O2/c1-9(4-5-16)7-15-12(17)6-11-3-2-10(13)8-14-11/h2-3,8-9,16H,4-7,13H2,1H3,(H,15,17). The highest BCUT2D eigenvalue weighted by Gasteiger charge is 2.06. The van der Waals surface area contributed by atoms with E-state index in [4.69, 9.17) is 10.8 Å². The topological polar surface area (TPSA) is 88.2 Å². The molecule has 0 radical (unpaired) electrons. The van der Waals surface area contributed by atoms with Gasteiger partial charge in [-0.2, -0.15) is 0 Å². The number of carbonyl (C=O) groups excluding carboxylic acids is 1. The molecule has 1 rings (SSSR count). The lowest BCUT2D eigenvalue weighted by Crippen LogP contribution is -2.30. The average molecular weight is 237 g/mol. The largest absolute Gasteiger partial charge is 0.397 e. The van der Waals surface area contributed by atoms with E-state index in [-0.39, 0.29) is 24.9 Å². The average Bonchev–Trinajstić information content (AvgIpc) is 2.30. The van der Waals surface area contributed by atoms with Crippen molar-refractivity contribution in [1.29, 1.82) is 0 Å². The Kier molecular flexibility index (Phi) is 5.42. The smallest absolute Gasteiger partial charge is 0.226 e. The molecule has 17 heavy (non-hydrogen) atoms. The van der Waals surface area contributed by atoms with Crippen LogP contribution >= 0.6 is 0 Å². The van der Waals surface area contributed by atoms with E-state index in [1.54, 1.807) is 12.1 Å². The van der Waals surface area contributed by atoms with Crippen LogP contribution in [0.25, 0.3) is 0 Å². The number of nitrogens with two attached hydrogens (primary N) is 1. The normalized spacial score (nSPS) is 12.1. The van der Waals surface area contributed by atoms with Crippen molar-refractivity contribution in [1.82, 2.24) is 10.3 Å². The van der Waals surface area contributed by atoms with Gasteiger partial charge in [-0.15, -0.1) is 0 Å². The summed E-state index contributed by atoms with van der Waals surface area (Å²) in [6, 6.07) is 3.47. The Morgan fingerprint density at radius 2 is 2.35 bits per heavy atom. The number of hydrogen-bond donors (Lipinski definition) is 3. The molecule has 0 saturated carbocycles. The van der Waals surface area contributed by atoms with E-state index in [0.29, 0.717) is 24.3 Å². The van der Waals surface area contributed by atoms with Gasteiger partial charge in [0.2, 0.25) is 5.91 Å². The molecular formula is C12H19N3O2. The Morgan fingerprint density at radius 3 is 2.94 bits per heavy atom. The summed E-state index contributed by atoms with van der Waals surface area (Å²) >= 11 is 0. The fourth-order valence-corrected chi connectivity index (χ4v) is 1.38. The number of aliphatic hydroxyl groups excluding tert-OH is 1. The molecule has 0 bridgehead atoms. The summed E-state index contributed by atoms with van der Waals surface area (Å²) in [5.74, 6) is 0.218. The van der Waals surface area contributed by atoms with Crippen LogP contribution in [0.15, 0.2) is 18.3 Å². The van der Waals surface area contributed by atoms with Crippen molar-refractivity contribution in [3.63, 3.8) is 0 Å². The number of pyridine rings is 1. The van der Waals surface area contributed by atoms with Crippen molar-refractivity contribution in [3.8, 4) is 0 Å². The van der Waals surface area contributed by atoms with Gasteiger partial charge in [0.1, 0.15) is 0 Å². The first-order valence-corrected chi connectivity index (χ1v) is 5.69. The van der Waals surface area contributed by atoms with Crippen molar-refractivity contribution in [2.24, 2.45) is 5.92 Å². The molecule has 1 aromatic rings. The van der Waals surface area contributed by atoms with Crippen molar-refractivity contribution in [3.05, 3.63) is 24.0 Å². The Bertz CT molecular complexity index is 351. The monoisotopic (exact) mass is 237 g/mol. The molecule has 0 aliphatic heterocycles. The summed E-state index contributed by atoms with van der Waals surface area (Å²) in [6.45, 7) is 2.71. The first kappa shape index (κ1) is 13.4. The summed E-state index contributed by atoms with van der Waals surface area (Å²) in [5.41, 5.74) is 6.79. The maximum Gasteiger partial charge on any atom is 0.226 e. The van der Waals surface area contributed by atoms with Gasteiger partial charge in [0.15, 0.2) is 0 Å². The molecule has 1 heterocycles. The van der Waals surface area contributed by atoms with Crippen LogP contribution in [0.2, 0.25) is 0 Å². The third-order valence-electron chi connectivity index (χ3n) is 2.46. The van der Waals surface area contributed by atoms with Gasteiger partial charge < -0.3 is 16.2 Å². The third kappa shape index (κ3) is 5.31. The number of rotatable bonds is 6. The fourth-order valence-electron chi connectivity index (χ4n) is 1.38. The number of nitrogen functional groups attached to an aromatic ring is 1. The van der Waals surface area contributed by atoms with Gasteiger partial charge in [-0.05, 0) is 24.5 Å². The molecule has 4 N–H and O–H groups in total. The highest BCUT2D eigenvalue weighted by atomic mass is 16.3. The predicted octanol–water partition coefficient (Wildman–Crippen LogP) is 0.341. The molecule has 0 saturated heterocycles. The van der Waals surface area contributed by atoms with Gasteiger partial charge in [0.25, 0.3) is 0 Å². The molecule has 0 fully saturated rings. The van der Waals surface area contributed by atoms with Gasteiger partial charge in [0.05, 0.1) is 18.3 Å². The molecule has 0 spiro atoms. The maximum atomic E-state index is 11.6. The zero-order valence-electron chi connectivity index (χ0n) is 10.0. The van der Waals surface area contributed by atoms with E-state index in [1.807, 2.05) is 6.92 Å². The van der Waals surface area contributed by atoms with E-state index < -0.39 is 0 Å². The Balaban J connectivity index is 2.32. The Labute approximate surface area is 101 Å². The summed E-state index contributed by atoms with van der Waals surface area (Å²) in [6.07, 6.45) is 2.49. The van der Waals surface area contributed by atoms with Crippen LogP contribution < -0.4 is 11.1 Å². The first-order chi connectivity index (χ1) is 8.11. The summed E-state index contributed by atoms with van der Waals surface area (Å²) in [7, 11) is 0. The van der Waals surface area contributed by atoms with Crippen molar-refractivity contribution in [2.75, 3.05) is 18.9 Å². The minimum Gasteiger partial charge on any atom is -0.397 e. The van der Waals surface area contributed by atoms with E-state index in [1.165, 1.54) is 6.20 Å². The van der Waals surface area contributed by atoms with Crippen LogP contribution in [-0.2, 0) is 11.2 Å². The van der Waals surface area contributed by atoms with E-state index in [2.05, 4.69) is 10.3 Å². The van der Waals surface area contributed by atoms with Crippen molar-refractivity contribution < 1.29 is 9.90 Å². The van der Waals surface area contributed by atoms with E-state index in [9.17, 15) is 4.79 Å². The molecule has 1 aromatic heterocycles. The number of carbonyl (C=O) groups is 1. The van der Waals surface area contributed by atoms with Crippen LogP contribution in [0, 0.1) is 5.92 Å². The summed E-state index contributed by atoms with van der Waals surface area (Å²) in [4.78, 5) is 15.6. The van der Waals surface area contributed by atoms with Gasteiger partial charge in [-0.1, -0.05) is 6.92 Å². The van der Waals surface area contributed by atoms with Gasteiger partial charge in [-0.25, -0.2) is 0 Å². The second-order valence-electron chi connectivity index (χ2n) is 4.18. The molecule has 1 atom stereocenters. The zero-order chi connectivity index (χ0) is 12.7. The van der Waals surface area contributed by atoms with Gasteiger partial charge in [0, 0.05) is 18.8 Å². The van der Waals surface area contributed by atoms with Crippen LogP contribution in [-0.4, -0.2) is 29.1 Å². The number of aromatic nitrogens is 1. The Hall–Kier alpha value is -1.62. The van der Waals surface area contributed by atoms with Crippen LogP contribution in [0.1, 0.15) is 19.0 Å². The van der Waals surface area contributed by atoms with Gasteiger partial charge >= 0.3 is 0 Å². The number of nitrogens with zero attached hydrogens (tertiary/aromatic N) is 1. The van der Waals surface area contributed by atoms with Crippen LogP contribution in [0.5, 0.6) is 0 Å². The molecule has 0 aliphatic rings. The number of hydrogen-bond acceptors (Lipinski definition) is 4. The molecule has 0 aromatic carbocycles. The van der Waals surface area contributed by atoms with E-state index in [0.717, 1.165) is 0 Å².